The third-order valence-corrected chi connectivity index (χ3v) is 3.39. The second kappa shape index (κ2) is 8.60. The summed E-state index contributed by atoms with van der Waals surface area (Å²) >= 11 is 10.4. The van der Waals surface area contributed by atoms with Crippen molar-refractivity contribution in [1.82, 2.24) is 10.7 Å². The number of hydrazine groups is 1. The molecule has 94 valence electrons. The lowest BCUT2D eigenvalue weighted by atomic mass is 10.3. The van der Waals surface area contributed by atoms with E-state index in [9.17, 15) is 0 Å². The van der Waals surface area contributed by atoms with Gasteiger partial charge in [-0.1, -0.05) is 22.0 Å². The SMILES string of the molecule is CSCCCNC(=S)NNc1cccc(Br)c1. The van der Waals surface area contributed by atoms with Gasteiger partial charge in [0.05, 0.1) is 5.69 Å². The summed E-state index contributed by atoms with van der Waals surface area (Å²) in [5.41, 5.74) is 6.95. The highest BCUT2D eigenvalue weighted by molar-refractivity contribution is 9.10. The summed E-state index contributed by atoms with van der Waals surface area (Å²) in [5, 5.41) is 3.75. The van der Waals surface area contributed by atoms with E-state index in [0.29, 0.717) is 5.11 Å². The first-order valence-electron chi connectivity index (χ1n) is 5.26. The number of thiocarbonyl (C=S) groups is 1. The van der Waals surface area contributed by atoms with Crippen molar-refractivity contribution in [2.75, 3.05) is 24.0 Å². The van der Waals surface area contributed by atoms with E-state index in [1.807, 2.05) is 36.0 Å². The molecule has 0 saturated heterocycles. The van der Waals surface area contributed by atoms with Crippen LogP contribution in [0.25, 0.3) is 0 Å². The average Bonchev–Trinajstić information content (AvgIpc) is 2.32. The number of thioether (sulfide) groups is 1. The molecule has 17 heavy (non-hydrogen) atoms. The van der Waals surface area contributed by atoms with Gasteiger partial charge >= 0.3 is 0 Å². The van der Waals surface area contributed by atoms with Gasteiger partial charge in [-0.2, -0.15) is 11.8 Å². The van der Waals surface area contributed by atoms with Crippen molar-refractivity contribution in [3.8, 4) is 0 Å². The molecule has 0 amide bonds. The Morgan fingerprint density at radius 2 is 2.29 bits per heavy atom. The maximum Gasteiger partial charge on any atom is 0.185 e. The van der Waals surface area contributed by atoms with Crippen molar-refractivity contribution in [2.45, 2.75) is 6.42 Å². The van der Waals surface area contributed by atoms with Gasteiger partial charge in [0.1, 0.15) is 0 Å². The third-order valence-electron chi connectivity index (χ3n) is 1.96. The van der Waals surface area contributed by atoms with Crippen molar-refractivity contribution in [1.29, 1.82) is 0 Å². The second-order valence-corrected chi connectivity index (χ2v) is 5.67. The number of hydrogen-bond acceptors (Lipinski definition) is 3. The molecular weight excluding hydrogens is 318 g/mol. The van der Waals surface area contributed by atoms with Gasteiger partial charge in [0.15, 0.2) is 5.11 Å². The Morgan fingerprint density at radius 1 is 1.47 bits per heavy atom. The van der Waals surface area contributed by atoms with Crippen LogP contribution in [-0.4, -0.2) is 23.7 Å². The predicted octanol–water partition coefficient (Wildman–Crippen LogP) is 2.99. The smallest absolute Gasteiger partial charge is 0.185 e. The summed E-state index contributed by atoms with van der Waals surface area (Å²) in [6, 6.07) is 7.88. The number of rotatable bonds is 6. The molecular formula is C11H16BrN3S2. The summed E-state index contributed by atoms with van der Waals surface area (Å²) in [7, 11) is 0. The molecule has 0 radical (unpaired) electrons. The van der Waals surface area contributed by atoms with Crippen LogP contribution in [0.2, 0.25) is 0 Å². The summed E-state index contributed by atoms with van der Waals surface area (Å²) in [5.74, 6) is 1.15. The van der Waals surface area contributed by atoms with E-state index in [2.05, 4.69) is 38.4 Å². The molecule has 3 N–H and O–H groups in total. The largest absolute Gasteiger partial charge is 0.361 e. The van der Waals surface area contributed by atoms with Crippen molar-refractivity contribution >= 4 is 50.7 Å². The van der Waals surface area contributed by atoms with Gasteiger partial charge in [0.25, 0.3) is 0 Å². The van der Waals surface area contributed by atoms with Crippen LogP contribution in [0.3, 0.4) is 0 Å². The standard InChI is InChI=1S/C11H16BrN3S2/c1-17-7-3-6-13-11(16)15-14-10-5-2-4-9(12)8-10/h2,4-5,8,14H,3,6-7H2,1H3,(H2,13,15,16). The molecule has 0 aromatic heterocycles. The lowest BCUT2D eigenvalue weighted by molar-refractivity contribution is 0.833. The molecule has 0 fully saturated rings. The van der Waals surface area contributed by atoms with Gasteiger partial charge in [0, 0.05) is 11.0 Å². The first kappa shape index (κ1) is 14.6. The molecule has 0 saturated carbocycles. The molecule has 6 heteroatoms. The summed E-state index contributed by atoms with van der Waals surface area (Å²) in [6.45, 7) is 0.896. The summed E-state index contributed by atoms with van der Waals surface area (Å²) in [6.07, 6.45) is 3.21. The van der Waals surface area contributed by atoms with E-state index in [1.54, 1.807) is 0 Å². The maximum absolute atomic E-state index is 5.13. The molecule has 1 aromatic rings. The minimum atomic E-state index is 0.617. The van der Waals surface area contributed by atoms with E-state index in [-0.39, 0.29) is 0 Å². The normalized spacial score (nSPS) is 9.76. The number of nitrogens with one attached hydrogen (secondary N) is 3. The highest BCUT2D eigenvalue weighted by Crippen LogP contribution is 2.14. The Labute approximate surface area is 120 Å². The molecule has 1 aromatic carbocycles. The zero-order chi connectivity index (χ0) is 12.5. The first-order chi connectivity index (χ1) is 8.22. The van der Waals surface area contributed by atoms with E-state index >= 15 is 0 Å². The van der Waals surface area contributed by atoms with Gasteiger partial charge in [-0.3, -0.25) is 10.9 Å². The van der Waals surface area contributed by atoms with E-state index in [1.165, 1.54) is 0 Å². The van der Waals surface area contributed by atoms with Gasteiger partial charge in [-0.15, -0.1) is 0 Å². The van der Waals surface area contributed by atoms with Crippen LogP contribution in [0.4, 0.5) is 5.69 Å². The fourth-order valence-electron chi connectivity index (χ4n) is 1.16. The maximum atomic E-state index is 5.13. The fraction of sp³-hybridized carbons (Fsp3) is 0.364. The van der Waals surface area contributed by atoms with Crippen molar-refractivity contribution in [3.63, 3.8) is 0 Å². The lowest BCUT2D eigenvalue weighted by Gasteiger charge is -2.12. The molecule has 0 aliphatic rings. The molecule has 0 bridgehead atoms. The van der Waals surface area contributed by atoms with Crippen LogP contribution in [-0.2, 0) is 0 Å². The molecule has 3 nitrogen and oxygen atoms in total. The van der Waals surface area contributed by atoms with Crippen molar-refractivity contribution in [2.24, 2.45) is 0 Å². The Morgan fingerprint density at radius 3 is 3.00 bits per heavy atom. The minimum Gasteiger partial charge on any atom is -0.361 e. The number of anilines is 1. The number of benzene rings is 1. The zero-order valence-corrected chi connectivity index (χ0v) is 12.8. The van der Waals surface area contributed by atoms with Crippen molar-refractivity contribution < 1.29 is 0 Å². The summed E-state index contributed by atoms with van der Waals surface area (Å²) in [4.78, 5) is 0. The minimum absolute atomic E-state index is 0.617. The third kappa shape index (κ3) is 6.75. The molecule has 0 aliphatic heterocycles. The van der Waals surface area contributed by atoms with E-state index in [4.69, 9.17) is 12.2 Å². The van der Waals surface area contributed by atoms with Crippen LogP contribution in [0.1, 0.15) is 6.42 Å². The predicted molar refractivity (Wildman–Crippen MR) is 84.5 cm³/mol. The van der Waals surface area contributed by atoms with Crippen molar-refractivity contribution in [3.05, 3.63) is 28.7 Å². The van der Waals surface area contributed by atoms with E-state index in [0.717, 1.165) is 28.9 Å². The Bertz CT molecular complexity index is 360. The second-order valence-electron chi connectivity index (χ2n) is 3.36. The molecule has 1 rings (SSSR count). The van der Waals surface area contributed by atoms with Gasteiger partial charge in [0.2, 0.25) is 0 Å². The fourth-order valence-corrected chi connectivity index (χ4v) is 2.14. The summed E-state index contributed by atoms with van der Waals surface area (Å²) < 4.78 is 1.03. The molecule has 0 atom stereocenters. The zero-order valence-electron chi connectivity index (χ0n) is 9.63. The van der Waals surface area contributed by atoms with Gasteiger partial charge < -0.3 is 5.32 Å². The topological polar surface area (TPSA) is 36.1 Å². The Hall–Kier alpha value is -0.460. The van der Waals surface area contributed by atoms with Crippen LogP contribution in [0, 0.1) is 0 Å². The highest BCUT2D eigenvalue weighted by Gasteiger charge is 1.95. The quantitative estimate of drug-likeness (QED) is 0.424. The first-order valence-corrected chi connectivity index (χ1v) is 7.86. The lowest BCUT2D eigenvalue weighted by Crippen LogP contribution is -2.39. The highest BCUT2D eigenvalue weighted by atomic mass is 79.9. The molecule has 0 unspecified atom stereocenters. The molecule has 0 aliphatic carbocycles. The molecule has 0 heterocycles. The number of hydrogen-bond donors (Lipinski definition) is 3. The Kier molecular flexibility index (Phi) is 7.39. The Balaban J connectivity index is 2.19. The average molecular weight is 334 g/mol. The monoisotopic (exact) mass is 333 g/mol. The van der Waals surface area contributed by atoms with Gasteiger partial charge in [-0.05, 0) is 48.8 Å². The van der Waals surface area contributed by atoms with Crippen LogP contribution in [0.5, 0.6) is 0 Å². The van der Waals surface area contributed by atoms with Crippen LogP contribution < -0.4 is 16.2 Å². The number of halogens is 1. The molecule has 0 spiro atoms. The van der Waals surface area contributed by atoms with Crippen LogP contribution in [0.15, 0.2) is 28.7 Å². The van der Waals surface area contributed by atoms with Gasteiger partial charge in [-0.25, -0.2) is 0 Å². The van der Waals surface area contributed by atoms with Crippen LogP contribution >= 0.6 is 39.9 Å². The van der Waals surface area contributed by atoms with E-state index < -0.39 is 0 Å².